The summed E-state index contributed by atoms with van der Waals surface area (Å²) in [7, 11) is 2.28. The Kier molecular flexibility index (Phi) is 5.14. The third-order valence-electron chi connectivity index (χ3n) is 5.28. The van der Waals surface area contributed by atoms with Crippen LogP contribution in [0.15, 0.2) is 0 Å². The fraction of sp³-hybridized carbons (Fsp3) is 1.00. The van der Waals surface area contributed by atoms with Crippen LogP contribution in [0.2, 0.25) is 0 Å². The van der Waals surface area contributed by atoms with Gasteiger partial charge in [0, 0.05) is 37.8 Å². The second-order valence-electron chi connectivity index (χ2n) is 8.39. The van der Waals surface area contributed by atoms with Crippen molar-refractivity contribution in [1.29, 1.82) is 0 Å². The zero-order chi connectivity index (χ0) is 14.9. The van der Waals surface area contributed by atoms with Crippen LogP contribution in [-0.2, 0) is 0 Å². The molecule has 0 aliphatic carbocycles. The lowest BCUT2D eigenvalue weighted by Gasteiger charge is -2.51. The molecule has 3 heteroatoms. The molecule has 3 unspecified atom stereocenters. The maximum Gasteiger partial charge on any atom is 0.0247 e. The molecule has 3 nitrogen and oxygen atoms in total. The quantitative estimate of drug-likeness (QED) is 0.838. The summed E-state index contributed by atoms with van der Waals surface area (Å²) in [6, 6.07) is 2.07. The Bertz CT molecular complexity index is 308. The van der Waals surface area contributed by atoms with E-state index in [0.29, 0.717) is 17.5 Å². The largest absolute Gasteiger partial charge is 0.311 e. The second kappa shape index (κ2) is 6.33. The maximum atomic E-state index is 3.82. The van der Waals surface area contributed by atoms with E-state index >= 15 is 0 Å². The van der Waals surface area contributed by atoms with E-state index in [1.54, 1.807) is 0 Å². The summed E-state index contributed by atoms with van der Waals surface area (Å²) in [6.45, 7) is 16.7. The van der Waals surface area contributed by atoms with Crippen molar-refractivity contribution in [1.82, 2.24) is 15.1 Å². The molecule has 2 rings (SSSR count). The van der Waals surface area contributed by atoms with Gasteiger partial charge < -0.3 is 10.2 Å². The topological polar surface area (TPSA) is 18.5 Å². The van der Waals surface area contributed by atoms with Crippen molar-refractivity contribution in [2.45, 2.75) is 65.6 Å². The van der Waals surface area contributed by atoms with Crippen LogP contribution in [0.1, 0.15) is 47.5 Å². The summed E-state index contributed by atoms with van der Waals surface area (Å²) in [5.74, 6) is 0.732. The molecule has 0 aromatic rings. The van der Waals surface area contributed by atoms with Crippen molar-refractivity contribution in [3.63, 3.8) is 0 Å². The zero-order valence-corrected chi connectivity index (χ0v) is 14.4. The summed E-state index contributed by atoms with van der Waals surface area (Å²) in [5, 5.41) is 3.82. The third kappa shape index (κ3) is 3.75. The number of likely N-dealkylation sites (tertiary alicyclic amines) is 1. The molecule has 2 heterocycles. The molecule has 0 saturated carbocycles. The molecule has 0 radical (unpaired) electrons. The molecule has 2 saturated heterocycles. The van der Waals surface area contributed by atoms with E-state index < -0.39 is 0 Å². The first-order chi connectivity index (χ1) is 9.29. The molecule has 0 bridgehead atoms. The van der Waals surface area contributed by atoms with Crippen LogP contribution in [0.5, 0.6) is 0 Å². The fourth-order valence-corrected chi connectivity index (χ4v) is 3.82. The van der Waals surface area contributed by atoms with Crippen molar-refractivity contribution in [2.75, 3.05) is 33.2 Å². The van der Waals surface area contributed by atoms with E-state index in [2.05, 4.69) is 56.8 Å². The van der Waals surface area contributed by atoms with Crippen LogP contribution >= 0.6 is 0 Å². The Morgan fingerprint density at radius 3 is 2.40 bits per heavy atom. The minimum absolute atomic E-state index is 0.348. The van der Waals surface area contributed by atoms with E-state index in [-0.39, 0.29) is 0 Å². The van der Waals surface area contributed by atoms with Crippen LogP contribution in [0, 0.1) is 11.3 Å². The van der Waals surface area contributed by atoms with Gasteiger partial charge in [0.2, 0.25) is 0 Å². The van der Waals surface area contributed by atoms with Gasteiger partial charge in [-0.05, 0) is 37.8 Å². The summed E-state index contributed by atoms with van der Waals surface area (Å²) < 4.78 is 0. The standard InChI is InChI=1S/C17H35N3/c1-13(2)15-10-18-16(17(3,4)5)12-20(15)14-8-7-9-19(6)11-14/h13-16,18H,7-12H2,1-6H3. The average molecular weight is 281 g/mol. The first kappa shape index (κ1) is 16.3. The van der Waals surface area contributed by atoms with Gasteiger partial charge in [-0.3, -0.25) is 4.90 Å². The minimum atomic E-state index is 0.348. The Labute approximate surface area is 126 Å². The van der Waals surface area contributed by atoms with E-state index in [9.17, 15) is 0 Å². The number of piperazine rings is 1. The van der Waals surface area contributed by atoms with E-state index in [4.69, 9.17) is 0 Å². The molecule has 2 aliphatic rings. The smallest absolute Gasteiger partial charge is 0.0247 e. The molecule has 118 valence electrons. The van der Waals surface area contributed by atoms with Gasteiger partial charge in [0.05, 0.1) is 0 Å². The molecule has 2 fully saturated rings. The predicted molar refractivity (Wildman–Crippen MR) is 87.1 cm³/mol. The lowest BCUT2D eigenvalue weighted by Crippen LogP contribution is -2.65. The number of nitrogens with zero attached hydrogens (tertiary/aromatic N) is 2. The molecule has 1 N–H and O–H groups in total. The zero-order valence-electron chi connectivity index (χ0n) is 14.4. The van der Waals surface area contributed by atoms with Crippen molar-refractivity contribution in [2.24, 2.45) is 11.3 Å². The summed E-state index contributed by atoms with van der Waals surface area (Å²) in [5.41, 5.74) is 0.348. The molecule has 0 amide bonds. The Morgan fingerprint density at radius 1 is 1.15 bits per heavy atom. The molecule has 0 aromatic carbocycles. The van der Waals surface area contributed by atoms with Crippen molar-refractivity contribution in [3.8, 4) is 0 Å². The lowest BCUT2D eigenvalue weighted by molar-refractivity contribution is 0.00449. The number of hydrogen-bond donors (Lipinski definition) is 1. The Balaban J connectivity index is 2.10. The van der Waals surface area contributed by atoms with Gasteiger partial charge in [0.25, 0.3) is 0 Å². The van der Waals surface area contributed by atoms with Gasteiger partial charge >= 0.3 is 0 Å². The highest BCUT2D eigenvalue weighted by molar-refractivity contribution is 4.96. The molecular formula is C17H35N3. The number of nitrogens with one attached hydrogen (secondary N) is 1. The third-order valence-corrected chi connectivity index (χ3v) is 5.28. The highest BCUT2D eigenvalue weighted by Crippen LogP contribution is 2.29. The van der Waals surface area contributed by atoms with Crippen LogP contribution in [0.3, 0.4) is 0 Å². The van der Waals surface area contributed by atoms with Crippen molar-refractivity contribution in [3.05, 3.63) is 0 Å². The highest BCUT2D eigenvalue weighted by atomic mass is 15.3. The number of rotatable bonds is 2. The lowest BCUT2D eigenvalue weighted by atomic mass is 9.82. The van der Waals surface area contributed by atoms with Gasteiger partial charge in [0.1, 0.15) is 0 Å². The fourth-order valence-electron chi connectivity index (χ4n) is 3.82. The van der Waals surface area contributed by atoms with Gasteiger partial charge in [-0.25, -0.2) is 0 Å². The molecule has 0 spiro atoms. The second-order valence-corrected chi connectivity index (χ2v) is 8.39. The van der Waals surface area contributed by atoms with Crippen LogP contribution in [0.25, 0.3) is 0 Å². The Hall–Kier alpha value is -0.120. The van der Waals surface area contributed by atoms with E-state index in [0.717, 1.165) is 18.5 Å². The SMILES string of the molecule is CC(C)C1CNC(C(C)(C)C)CN1C1CCCN(C)C1. The van der Waals surface area contributed by atoms with Gasteiger partial charge in [-0.2, -0.15) is 0 Å². The maximum absolute atomic E-state index is 3.82. The first-order valence-corrected chi connectivity index (χ1v) is 8.46. The van der Waals surface area contributed by atoms with Gasteiger partial charge in [0.15, 0.2) is 0 Å². The van der Waals surface area contributed by atoms with Crippen LogP contribution < -0.4 is 5.32 Å². The monoisotopic (exact) mass is 281 g/mol. The van der Waals surface area contributed by atoms with Crippen LogP contribution in [0.4, 0.5) is 0 Å². The number of hydrogen-bond acceptors (Lipinski definition) is 3. The summed E-state index contributed by atoms with van der Waals surface area (Å²) in [4.78, 5) is 5.35. The predicted octanol–water partition coefficient (Wildman–Crippen LogP) is 2.43. The first-order valence-electron chi connectivity index (χ1n) is 8.46. The summed E-state index contributed by atoms with van der Waals surface area (Å²) >= 11 is 0. The molecular weight excluding hydrogens is 246 g/mol. The highest BCUT2D eigenvalue weighted by Gasteiger charge is 2.38. The van der Waals surface area contributed by atoms with E-state index in [1.165, 1.54) is 32.5 Å². The summed E-state index contributed by atoms with van der Waals surface area (Å²) in [6.07, 6.45) is 2.74. The van der Waals surface area contributed by atoms with Gasteiger partial charge in [-0.15, -0.1) is 0 Å². The van der Waals surface area contributed by atoms with Gasteiger partial charge in [-0.1, -0.05) is 34.6 Å². The normalized spacial score (nSPS) is 34.6. The number of likely N-dealkylation sites (N-methyl/N-ethyl adjacent to an activating group) is 1. The Morgan fingerprint density at radius 2 is 1.85 bits per heavy atom. The molecule has 20 heavy (non-hydrogen) atoms. The van der Waals surface area contributed by atoms with Crippen molar-refractivity contribution >= 4 is 0 Å². The molecule has 3 atom stereocenters. The minimum Gasteiger partial charge on any atom is -0.311 e. The molecule has 2 aliphatic heterocycles. The van der Waals surface area contributed by atoms with Crippen molar-refractivity contribution < 1.29 is 0 Å². The molecule has 0 aromatic heterocycles. The number of piperidine rings is 1. The van der Waals surface area contributed by atoms with E-state index in [1.807, 2.05) is 0 Å². The average Bonchev–Trinajstić information content (AvgIpc) is 2.37. The van der Waals surface area contributed by atoms with Crippen LogP contribution in [-0.4, -0.2) is 61.2 Å².